The first-order valence-corrected chi connectivity index (χ1v) is 12.6. The van der Waals surface area contributed by atoms with Gasteiger partial charge in [0.25, 0.3) is 0 Å². The molecule has 2 heterocycles. The minimum absolute atomic E-state index is 0. The zero-order valence-electron chi connectivity index (χ0n) is 22.0. The van der Waals surface area contributed by atoms with Gasteiger partial charge in [0.2, 0.25) is 17.7 Å². The molecule has 1 aliphatic rings. The molecule has 1 aromatic heterocycles. The Hall–Kier alpha value is -4.12. The van der Waals surface area contributed by atoms with Crippen LogP contribution in [0.25, 0.3) is 11.0 Å². The molecule has 0 aliphatic carbocycles. The molecule has 4 rings (SSSR count). The molecule has 2 aromatic carbocycles. The summed E-state index contributed by atoms with van der Waals surface area (Å²) in [4.78, 5) is 44.5. The van der Waals surface area contributed by atoms with Crippen molar-refractivity contribution in [2.45, 2.75) is 32.9 Å². The zero-order valence-corrected chi connectivity index (χ0v) is 22.8. The van der Waals surface area contributed by atoms with E-state index in [1.807, 2.05) is 41.9 Å². The number of anilines is 1. The van der Waals surface area contributed by atoms with E-state index >= 15 is 0 Å². The Labute approximate surface area is 233 Å². The average molecular weight is 556 g/mol. The molecule has 0 radical (unpaired) electrons. The van der Waals surface area contributed by atoms with E-state index in [4.69, 9.17) is 20.9 Å². The molecule has 1 unspecified atom stereocenters. The highest BCUT2D eigenvalue weighted by molar-refractivity contribution is 6.15. The standard InChI is InChI=1S/C27H33N7O4.ClH/c1-3-38-27(37)23(26(36)34-12-4-5-13-34)25(35)31-15-17-6-11-21-20(14-17)32-22(33(21)2)16-30-19-9-7-18(8-10-19)24(28)29;/h6-11,14,23,30H,3-5,12-13,15-16H2,1-2H3,(H3,28,29)(H,31,35);1H. The predicted octanol–water partition coefficient (Wildman–Crippen LogP) is 2.31. The van der Waals surface area contributed by atoms with E-state index in [9.17, 15) is 14.4 Å². The van der Waals surface area contributed by atoms with Gasteiger partial charge in [-0.1, -0.05) is 6.07 Å². The number of hydrogen-bond donors (Lipinski definition) is 4. The molecule has 5 N–H and O–H groups in total. The Morgan fingerprint density at radius 2 is 1.79 bits per heavy atom. The summed E-state index contributed by atoms with van der Waals surface area (Å²) in [6.07, 6.45) is 1.72. The molecule has 0 bridgehead atoms. The van der Waals surface area contributed by atoms with E-state index in [0.717, 1.165) is 41.0 Å². The number of amidine groups is 1. The summed E-state index contributed by atoms with van der Waals surface area (Å²) in [5, 5.41) is 13.5. The minimum Gasteiger partial charge on any atom is -0.465 e. The maximum absolute atomic E-state index is 12.9. The Morgan fingerprint density at radius 1 is 1.10 bits per heavy atom. The largest absolute Gasteiger partial charge is 0.465 e. The zero-order chi connectivity index (χ0) is 27.2. The highest BCUT2D eigenvalue weighted by Gasteiger charge is 2.39. The number of aryl methyl sites for hydroxylation is 1. The Bertz CT molecular complexity index is 1350. The Morgan fingerprint density at radius 3 is 2.44 bits per heavy atom. The van der Waals surface area contributed by atoms with Crippen molar-refractivity contribution < 1.29 is 19.1 Å². The van der Waals surface area contributed by atoms with E-state index in [0.29, 0.717) is 25.2 Å². The Kier molecular flexibility index (Phi) is 9.89. The molecule has 2 amide bonds. The van der Waals surface area contributed by atoms with Crippen LogP contribution < -0.4 is 16.4 Å². The van der Waals surface area contributed by atoms with Crippen LogP contribution in [-0.2, 0) is 39.3 Å². The van der Waals surface area contributed by atoms with Crippen molar-refractivity contribution in [1.29, 1.82) is 5.41 Å². The number of fused-ring (bicyclic) bond motifs is 1. The molecular formula is C27H34ClN7O4. The van der Waals surface area contributed by atoms with Crippen LogP contribution in [0, 0.1) is 11.3 Å². The molecule has 3 aromatic rings. The van der Waals surface area contributed by atoms with Crippen LogP contribution in [0.2, 0.25) is 0 Å². The van der Waals surface area contributed by atoms with Gasteiger partial charge in [0, 0.05) is 37.9 Å². The quantitative estimate of drug-likeness (QED) is 0.129. The molecule has 11 nitrogen and oxygen atoms in total. The summed E-state index contributed by atoms with van der Waals surface area (Å²) in [7, 11) is 1.93. The number of halogens is 1. The monoisotopic (exact) mass is 555 g/mol. The summed E-state index contributed by atoms with van der Waals surface area (Å²) in [6, 6.07) is 13.0. The fourth-order valence-corrected chi connectivity index (χ4v) is 4.47. The van der Waals surface area contributed by atoms with Gasteiger partial charge in [-0.3, -0.25) is 19.8 Å². The molecule has 1 aliphatic heterocycles. The van der Waals surface area contributed by atoms with Crippen molar-refractivity contribution in [2.24, 2.45) is 18.7 Å². The second kappa shape index (κ2) is 13.1. The number of likely N-dealkylation sites (tertiary alicyclic amines) is 1. The third-order valence-electron chi connectivity index (χ3n) is 6.60. The van der Waals surface area contributed by atoms with Crippen molar-refractivity contribution in [1.82, 2.24) is 19.8 Å². The first-order valence-electron chi connectivity index (χ1n) is 12.6. The topological polar surface area (TPSA) is 155 Å². The lowest BCUT2D eigenvalue weighted by Crippen LogP contribution is -2.47. The second-order valence-corrected chi connectivity index (χ2v) is 9.19. The van der Waals surface area contributed by atoms with Gasteiger partial charge in [-0.15, -0.1) is 12.4 Å². The first kappa shape index (κ1) is 29.4. The second-order valence-electron chi connectivity index (χ2n) is 9.19. The summed E-state index contributed by atoms with van der Waals surface area (Å²) < 4.78 is 7.01. The number of benzene rings is 2. The highest BCUT2D eigenvalue weighted by atomic mass is 35.5. The van der Waals surface area contributed by atoms with Crippen molar-refractivity contribution >= 4 is 52.7 Å². The van der Waals surface area contributed by atoms with E-state index in [1.54, 1.807) is 24.0 Å². The number of carbonyl (C=O) groups excluding carboxylic acids is 3. The number of nitrogens with zero attached hydrogens (tertiary/aromatic N) is 3. The molecule has 1 fully saturated rings. The number of nitrogen functional groups attached to an aromatic ring is 1. The number of aromatic nitrogens is 2. The van der Waals surface area contributed by atoms with Crippen LogP contribution in [-0.4, -0.2) is 57.8 Å². The van der Waals surface area contributed by atoms with Gasteiger partial charge in [0.15, 0.2) is 0 Å². The SMILES string of the molecule is CCOC(=O)C(C(=O)NCc1ccc2c(c1)nc(CNc1ccc(C(=N)N)cc1)n2C)C(=O)N1CCCC1.Cl. The molecule has 0 spiro atoms. The number of ether oxygens (including phenoxy) is 1. The molecule has 39 heavy (non-hydrogen) atoms. The number of imidazole rings is 1. The number of nitrogens with two attached hydrogens (primary N) is 1. The van der Waals surface area contributed by atoms with E-state index in [1.165, 1.54) is 0 Å². The fraction of sp³-hybridized carbons (Fsp3) is 0.370. The third kappa shape index (κ3) is 6.85. The van der Waals surface area contributed by atoms with Crippen molar-refractivity contribution in [3.63, 3.8) is 0 Å². The van der Waals surface area contributed by atoms with Crippen LogP contribution >= 0.6 is 12.4 Å². The maximum Gasteiger partial charge on any atom is 0.328 e. The fourth-order valence-electron chi connectivity index (χ4n) is 4.47. The smallest absolute Gasteiger partial charge is 0.328 e. The molecule has 12 heteroatoms. The minimum atomic E-state index is -1.51. The third-order valence-corrected chi connectivity index (χ3v) is 6.60. The van der Waals surface area contributed by atoms with E-state index in [-0.39, 0.29) is 31.4 Å². The van der Waals surface area contributed by atoms with Crippen LogP contribution in [0.5, 0.6) is 0 Å². The lowest BCUT2D eigenvalue weighted by atomic mass is 10.1. The summed E-state index contributed by atoms with van der Waals surface area (Å²) in [5.74, 6) is -2.67. The molecule has 1 saturated heterocycles. The number of carbonyl (C=O) groups is 3. The van der Waals surface area contributed by atoms with E-state index in [2.05, 4.69) is 10.6 Å². The lowest BCUT2D eigenvalue weighted by Gasteiger charge is -2.21. The highest BCUT2D eigenvalue weighted by Crippen LogP contribution is 2.19. The van der Waals surface area contributed by atoms with Gasteiger partial charge in [0.05, 0.1) is 24.2 Å². The van der Waals surface area contributed by atoms with Crippen LogP contribution in [0.15, 0.2) is 42.5 Å². The summed E-state index contributed by atoms with van der Waals surface area (Å²) >= 11 is 0. The molecule has 208 valence electrons. The van der Waals surface area contributed by atoms with Gasteiger partial charge in [0.1, 0.15) is 11.7 Å². The van der Waals surface area contributed by atoms with Gasteiger partial charge >= 0.3 is 5.97 Å². The number of esters is 1. The number of hydrogen-bond acceptors (Lipinski definition) is 7. The molecular weight excluding hydrogens is 522 g/mol. The first-order chi connectivity index (χ1) is 18.3. The molecule has 0 saturated carbocycles. The number of nitrogens with one attached hydrogen (secondary N) is 3. The van der Waals surface area contributed by atoms with Crippen molar-refractivity contribution in [2.75, 3.05) is 25.0 Å². The molecule has 1 atom stereocenters. The van der Waals surface area contributed by atoms with Gasteiger partial charge in [-0.25, -0.2) is 4.98 Å². The van der Waals surface area contributed by atoms with E-state index < -0.39 is 23.7 Å². The van der Waals surface area contributed by atoms with Crippen LogP contribution in [0.1, 0.15) is 36.7 Å². The predicted molar refractivity (Wildman–Crippen MR) is 151 cm³/mol. The summed E-state index contributed by atoms with van der Waals surface area (Å²) in [6.45, 7) is 3.44. The van der Waals surface area contributed by atoms with Crippen LogP contribution in [0.4, 0.5) is 5.69 Å². The average Bonchev–Trinajstić information content (AvgIpc) is 3.55. The van der Waals surface area contributed by atoms with Gasteiger partial charge < -0.3 is 30.6 Å². The maximum atomic E-state index is 12.9. The Balaban J connectivity index is 0.00000420. The number of amides is 2. The lowest BCUT2D eigenvalue weighted by molar-refractivity contribution is -0.158. The number of rotatable bonds is 10. The summed E-state index contributed by atoms with van der Waals surface area (Å²) in [5.41, 5.74) is 9.53. The van der Waals surface area contributed by atoms with Crippen LogP contribution in [0.3, 0.4) is 0 Å². The van der Waals surface area contributed by atoms with Crippen molar-refractivity contribution in [3.05, 3.63) is 59.4 Å². The van der Waals surface area contributed by atoms with Crippen molar-refractivity contribution in [3.8, 4) is 0 Å². The van der Waals surface area contributed by atoms with Gasteiger partial charge in [-0.2, -0.15) is 0 Å². The normalized spacial score (nSPS) is 13.4. The van der Waals surface area contributed by atoms with Gasteiger partial charge in [-0.05, 0) is 61.7 Å².